The summed E-state index contributed by atoms with van der Waals surface area (Å²) in [4.78, 5) is 13.3. The summed E-state index contributed by atoms with van der Waals surface area (Å²) in [5.41, 5.74) is 3.78. The molecule has 2 heterocycles. The fraction of sp³-hybridized carbons (Fsp3) is 0.421. The van der Waals surface area contributed by atoms with Crippen LogP contribution in [0.5, 0.6) is 0 Å². The fourth-order valence-electron chi connectivity index (χ4n) is 3.63. The molecule has 0 saturated heterocycles. The van der Waals surface area contributed by atoms with E-state index in [0.29, 0.717) is 18.2 Å². The zero-order valence-corrected chi connectivity index (χ0v) is 14.1. The van der Waals surface area contributed by atoms with Gasteiger partial charge in [-0.3, -0.25) is 0 Å². The second-order valence-electron chi connectivity index (χ2n) is 7.14. The topological polar surface area (TPSA) is 53.7 Å². The predicted octanol–water partition coefficient (Wildman–Crippen LogP) is 4.58. The lowest BCUT2D eigenvalue weighted by Gasteiger charge is -2.47. The Balaban J connectivity index is 2.00. The van der Waals surface area contributed by atoms with Gasteiger partial charge in [-0.25, -0.2) is 4.79 Å². The summed E-state index contributed by atoms with van der Waals surface area (Å²) in [6.45, 7) is 9.40. The van der Waals surface area contributed by atoms with E-state index in [0.717, 1.165) is 6.42 Å². The van der Waals surface area contributed by atoms with Gasteiger partial charge in [0, 0.05) is 11.2 Å². The lowest BCUT2D eigenvalue weighted by molar-refractivity contribution is 0.0660. The van der Waals surface area contributed by atoms with Crippen molar-refractivity contribution in [3.05, 3.63) is 53.0 Å². The Bertz CT molecular complexity index is 745. The van der Waals surface area contributed by atoms with Gasteiger partial charge in [0.25, 0.3) is 0 Å². The molecule has 0 amide bonds. The molecule has 1 aromatic heterocycles. The number of hydrogen-bond donors (Lipinski definition) is 1. The zero-order valence-electron chi connectivity index (χ0n) is 14.1. The van der Waals surface area contributed by atoms with E-state index in [1.165, 1.54) is 22.9 Å². The lowest BCUT2D eigenvalue weighted by atomic mass is 9.79. The van der Waals surface area contributed by atoms with Gasteiger partial charge in [-0.05, 0) is 62.4 Å². The Kier molecular flexibility index (Phi) is 3.71. The maximum Gasteiger partial charge on any atom is 0.371 e. The van der Waals surface area contributed by atoms with E-state index < -0.39 is 5.97 Å². The standard InChI is InChI=1S/C19H23NO3/c1-12-5-7-15-13(2)10-19(3,4)20(16(15)9-12)11-14-6-8-17(23-14)18(21)22/h5-9,13H,10-11H2,1-4H3,(H,21,22)/t13-/m1/s1. The quantitative estimate of drug-likeness (QED) is 0.901. The second kappa shape index (κ2) is 5.44. The number of nitrogens with zero attached hydrogens (tertiary/aromatic N) is 1. The van der Waals surface area contributed by atoms with Gasteiger partial charge in [-0.1, -0.05) is 19.1 Å². The summed E-state index contributed by atoms with van der Waals surface area (Å²) < 4.78 is 5.47. The van der Waals surface area contributed by atoms with Crippen LogP contribution in [0.25, 0.3) is 0 Å². The molecule has 0 radical (unpaired) electrons. The SMILES string of the molecule is Cc1ccc2c(c1)N(Cc1ccc(C(=O)O)o1)C(C)(C)C[C@H]2C. The van der Waals surface area contributed by atoms with Gasteiger partial charge in [0.1, 0.15) is 5.76 Å². The van der Waals surface area contributed by atoms with Crippen LogP contribution in [0.2, 0.25) is 0 Å². The number of aryl methyl sites for hydroxylation is 1. The number of aromatic carboxylic acids is 1. The Morgan fingerprint density at radius 1 is 1.35 bits per heavy atom. The van der Waals surface area contributed by atoms with Crippen molar-refractivity contribution in [2.75, 3.05) is 4.90 Å². The van der Waals surface area contributed by atoms with Crippen LogP contribution in [-0.2, 0) is 6.54 Å². The third kappa shape index (κ3) is 2.85. The van der Waals surface area contributed by atoms with E-state index in [1.807, 2.05) is 0 Å². The number of carbonyl (C=O) groups is 1. The summed E-state index contributed by atoms with van der Waals surface area (Å²) in [6, 6.07) is 9.86. The van der Waals surface area contributed by atoms with Crippen molar-refractivity contribution in [1.29, 1.82) is 0 Å². The minimum atomic E-state index is -1.03. The molecular formula is C19H23NO3. The molecule has 3 rings (SSSR count). The van der Waals surface area contributed by atoms with Gasteiger partial charge in [-0.15, -0.1) is 0 Å². The molecule has 1 N–H and O–H groups in total. The third-order valence-corrected chi connectivity index (χ3v) is 4.73. The Hall–Kier alpha value is -2.23. The predicted molar refractivity (Wildman–Crippen MR) is 90.1 cm³/mol. The van der Waals surface area contributed by atoms with Crippen LogP contribution >= 0.6 is 0 Å². The number of hydrogen-bond acceptors (Lipinski definition) is 3. The van der Waals surface area contributed by atoms with Crippen LogP contribution in [-0.4, -0.2) is 16.6 Å². The molecule has 0 unspecified atom stereocenters. The van der Waals surface area contributed by atoms with E-state index in [4.69, 9.17) is 9.52 Å². The Labute approximate surface area is 136 Å². The monoisotopic (exact) mass is 313 g/mol. The third-order valence-electron chi connectivity index (χ3n) is 4.73. The van der Waals surface area contributed by atoms with Crippen molar-refractivity contribution in [3.8, 4) is 0 Å². The smallest absolute Gasteiger partial charge is 0.371 e. The average Bonchev–Trinajstić information content (AvgIpc) is 2.91. The highest BCUT2D eigenvalue weighted by Gasteiger charge is 2.36. The maximum atomic E-state index is 11.0. The second-order valence-corrected chi connectivity index (χ2v) is 7.14. The summed E-state index contributed by atoms with van der Waals surface area (Å²) in [7, 11) is 0. The van der Waals surface area contributed by atoms with Gasteiger partial charge in [-0.2, -0.15) is 0 Å². The summed E-state index contributed by atoms with van der Waals surface area (Å²) in [6.07, 6.45) is 1.05. The molecule has 23 heavy (non-hydrogen) atoms. The first-order valence-electron chi connectivity index (χ1n) is 7.98. The van der Waals surface area contributed by atoms with Gasteiger partial charge in [0.2, 0.25) is 5.76 Å². The molecule has 1 atom stereocenters. The largest absolute Gasteiger partial charge is 0.475 e. The van der Waals surface area contributed by atoms with Crippen LogP contribution in [0, 0.1) is 6.92 Å². The van der Waals surface area contributed by atoms with Gasteiger partial charge >= 0.3 is 5.97 Å². The lowest BCUT2D eigenvalue weighted by Crippen LogP contribution is -2.47. The van der Waals surface area contributed by atoms with Gasteiger partial charge in [0.15, 0.2) is 0 Å². The van der Waals surface area contributed by atoms with Gasteiger partial charge < -0.3 is 14.4 Å². The molecule has 4 nitrogen and oxygen atoms in total. The molecule has 1 aliphatic heterocycles. The van der Waals surface area contributed by atoms with Crippen molar-refractivity contribution in [2.24, 2.45) is 0 Å². The van der Waals surface area contributed by atoms with Crippen molar-refractivity contribution in [3.63, 3.8) is 0 Å². The molecular weight excluding hydrogens is 290 g/mol. The molecule has 1 aromatic carbocycles. The summed E-state index contributed by atoms with van der Waals surface area (Å²) >= 11 is 0. The number of carboxylic acid groups (broad SMARTS) is 1. The average molecular weight is 313 g/mol. The number of benzene rings is 1. The highest BCUT2D eigenvalue weighted by Crippen LogP contribution is 2.44. The number of carboxylic acids is 1. The molecule has 0 saturated carbocycles. The Morgan fingerprint density at radius 2 is 2.09 bits per heavy atom. The van der Waals surface area contributed by atoms with E-state index in [1.54, 1.807) is 6.07 Å². The van der Waals surface area contributed by atoms with Crippen LogP contribution in [0.3, 0.4) is 0 Å². The van der Waals surface area contributed by atoms with Crippen LogP contribution < -0.4 is 4.90 Å². The maximum absolute atomic E-state index is 11.0. The van der Waals surface area contributed by atoms with Crippen molar-refractivity contribution < 1.29 is 14.3 Å². The molecule has 0 spiro atoms. The molecule has 1 aliphatic rings. The molecule has 0 fully saturated rings. The molecule has 0 aliphatic carbocycles. The number of fused-ring (bicyclic) bond motifs is 1. The minimum Gasteiger partial charge on any atom is -0.475 e. The number of furan rings is 1. The van der Waals surface area contributed by atoms with Crippen LogP contribution in [0.1, 0.15) is 60.6 Å². The van der Waals surface area contributed by atoms with E-state index in [-0.39, 0.29) is 11.3 Å². The molecule has 4 heteroatoms. The summed E-state index contributed by atoms with van der Waals surface area (Å²) in [5.74, 6) is 0.146. The number of anilines is 1. The first kappa shape index (κ1) is 15.7. The van der Waals surface area contributed by atoms with Crippen LogP contribution in [0.15, 0.2) is 34.7 Å². The summed E-state index contributed by atoms with van der Waals surface area (Å²) in [5, 5.41) is 9.03. The first-order valence-corrected chi connectivity index (χ1v) is 7.98. The number of rotatable bonds is 3. The highest BCUT2D eigenvalue weighted by atomic mass is 16.4. The van der Waals surface area contributed by atoms with Crippen LogP contribution in [0.4, 0.5) is 5.69 Å². The van der Waals surface area contributed by atoms with E-state index >= 15 is 0 Å². The molecule has 2 aromatic rings. The van der Waals surface area contributed by atoms with Gasteiger partial charge in [0.05, 0.1) is 6.54 Å². The van der Waals surface area contributed by atoms with Crippen molar-refractivity contribution >= 4 is 11.7 Å². The van der Waals surface area contributed by atoms with E-state index in [2.05, 4.69) is 50.8 Å². The first-order chi connectivity index (χ1) is 10.8. The Morgan fingerprint density at radius 3 is 2.74 bits per heavy atom. The molecule has 122 valence electrons. The van der Waals surface area contributed by atoms with Crippen molar-refractivity contribution in [2.45, 2.75) is 52.1 Å². The normalized spacial score (nSPS) is 19.5. The minimum absolute atomic E-state index is 0.00681. The molecule has 0 bridgehead atoms. The van der Waals surface area contributed by atoms with E-state index in [9.17, 15) is 4.79 Å². The van der Waals surface area contributed by atoms with Crippen molar-refractivity contribution in [1.82, 2.24) is 0 Å². The zero-order chi connectivity index (χ0) is 16.8. The highest BCUT2D eigenvalue weighted by molar-refractivity contribution is 5.84. The fourth-order valence-corrected chi connectivity index (χ4v) is 3.63.